The molecule has 1 fully saturated rings. The zero-order valence-corrected chi connectivity index (χ0v) is 14.8. The van der Waals surface area contributed by atoms with E-state index >= 15 is 0 Å². The number of ether oxygens (including phenoxy) is 2. The molecule has 0 bridgehead atoms. The third kappa shape index (κ3) is 5.25. The summed E-state index contributed by atoms with van der Waals surface area (Å²) in [6.07, 6.45) is 1.69. The lowest BCUT2D eigenvalue weighted by Crippen LogP contribution is -2.34. The summed E-state index contributed by atoms with van der Waals surface area (Å²) in [5.74, 6) is 0.984. The highest BCUT2D eigenvalue weighted by molar-refractivity contribution is 5.78. The Labute approximate surface area is 143 Å². The van der Waals surface area contributed by atoms with E-state index < -0.39 is 0 Å². The summed E-state index contributed by atoms with van der Waals surface area (Å²) in [6, 6.07) is 7.77. The zero-order chi connectivity index (χ0) is 17.5. The van der Waals surface area contributed by atoms with Gasteiger partial charge in [-0.15, -0.1) is 0 Å². The van der Waals surface area contributed by atoms with Gasteiger partial charge in [0, 0.05) is 19.5 Å². The van der Waals surface area contributed by atoms with E-state index in [1.807, 2.05) is 29.2 Å². The molecule has 1 heterocycles. The first-order valence-electron chi connectivity index (χ1n) is 8.57. The van der Waals surface area contributed by atoms with Crippen molar-refractivity contribution in [3.8, 4) is 5.75 Å². The summed E-state index contributed by atoms with van der Waals surface area (Å²) >= 11 is 0. The largest absolute Gasteiger partial charge is 0.497 e. The Kier molecular flexibility index (Phi) is 6.64. The van der Waals surface area contributed by atoms with E-state index in [0.717, 1.165) is 17.7 Å². The van der Waals surface area contributed by atoms with Gasteiger partial charge in [-0.3, -0.25) is 9.59 Å². The van der Waals surface area contributed by atoms with Crippen molar-refractivity contribution >= 4 is 11.9 Å². The molecule has 0 spiro atoms. The van der Waals surface area contributed by atoms with Crippen molar-refractivity contribution in [1.82, 2.24) is 4.90 Å². The second-order valence-corrected chi connectivity index (χ2v) is 6.71. The maximum atomic E-state index is 12.6. The van der Waals surface area contributed by atoms with Crippen molar-refractivity contribution in [3.63, 3.8) is 0 Å². The molecule has 2 rings (SSSR count). The van der Waals surface area contributed by atoms with Crippen LogP contribution in [0.25, 0.3) is 0 Å². The summed E-state index contributed by atoms with van der Waals surface area (Å²) < 4.78 is 10.2. The molecule has 1 aromatic carbocycles. The Morgan fingerprint density at radius 2 is 2.21 bits per heavy atom. The quantitative estimate of drug-likeness (QED) is 0.686. The number of esters is 1. The Morgan fingerprint density at radius 1 is 1.42 bits per heavy atom. The molecule has 1 aromatic rings. The lowest BCUT2D eigenvalue weighted by molar-refractivity contribution is -0.141. The number of carbonyl (C=O) groups excluding carboxylic acids is 2. The minimum Gasteiger partial charge on any atom is -0.497 e. The molecule has 0 saturated carbocycles. The van der Waals surface area contributed by atoms with Gasteiger partial charge >= 0.3 is 5.97 Å². The number of nitrogens with zero attached hydrogens (tertiary/aromatic N) is 1. The van der Waals surface area contributed by atoms with Gasteiger partial charge in [0.25, 0.3) is 0 Å². The summed E-state index contributed by atoms with van der Waals surface area (Å²) in [5.41, 5.74) is 1.05. The van der Waals surface area contributed by atoms with Crippen LogP contribution in [0.3, 0.4) is 0 Å². The first-order chi connectivity index (χ1) is 11.5. The SMILES string of the molecule is COc1cccc(CN(CC(C)C)C(=O)CC[C@@H]2CCOC2=O)c1. The number of rotatable bonds is 8. The third-order valence-corrected chi connectivity index (χ3v) is 4.20. The Balaban J connectivity index is 1.97. The second-order valence-electron chi connectivity index (χ2n) is 6.71. The molecular formula is C19H27NO4. The first kappa shape index (κ1) is 18.3. The van der Waals surface area contributed by atoms with E-state index in [1.54, 1.807) is 7.11 Å². The Bertz CT molecular complexity index is 570. The molecule has 0 N–H and O–H groups in total. The Morgan fingerprint density at radius 3 is 2.83 bits per heavy atom. The van der Waals surface area contributed by atoms with Gasteiger partial charge in [-0.25, -0.2) is 0 Å². The van der Waals surface area contributed by atoms with Gasteiger partial charge in [-0.05, 0) is 36.5 Å². The number of methoxy groups -OCH3 is 1. The third-order valence-electron chi connectivity index (χ3n) is 4.20. The molecule has 1 aliphatic rings. The minimum absolute atomic E-state index is 0.0891. The van der Waals surface area contributed by atoms with Crippen molar-refractivity contribution in [2.24, 2.45) is 11.8 Å². The molecule has 1 atom stereocenters. The monoisotopic (exact) mass is 333 g/mol. The maximum Gasteiger partial charge on any atom is 0.309 e. The van der Waals surface area contributed by atoms with Crippen molar-refractivity contribution < 1.29 is 19.1 Å². The number of cyclic esters (lactones) is 1. The smallest absolute Gasteiger partial charge is 0.309 e. The number of hydrogen-bond donors (Lipinski definition) is 0. The molecule has 0 aromatic heterocycles. The highest BCUT2D eigenvalue weighted by Crippen LogP contribution is 2.21. The van der Waals surface area contributed by atoms with Crippen LogP contribution >= 0.6 is 0 Å². The number of carbonyl (C=O) groups is 2. The molecule has 0 unspecified atom stereocenters. The first-order valence-corrected chi connectivity index (χ1v) is 8.57. The predicted molar refractivity (Wildman–Crippen MR) is 91.5 cm³/mol. The van der Waals surface area contributed by atoms with E-state index in [2.05, 4.69) is 13.8 Å². The maximum absolute atomic E-state index is 12.6. The van der Waals surface area contributed by atoms with E-state index in [-0.39, 0.29) is 17.8 Å². The molecule has 1 saturated heterocycles. The summed E-state index contributed by atoms with van der Waals surface area (Å²) in [6.45, 7) is 5.94. The van der Waals surface area contributed by atoms with E-state index in [4.69, 9.17) is 9.47 Å². The molecule has 132 valence electrons. The highest BCUT2D eigenvalue weighted by Gasteiger charge is 2.27. The van der Waals surface area contributed by atoms with Gasteiger partial charge in [-0.2, -0.15) is 0 Å². The molecule has 5 heteroatoms. The van der Waals surface area contributed by atoms with Crippen molar-refractivity contribution in [2.75, 3.05) is 20.3 Å². The van der Waals surface area contributed by atoms with Gasteiger partial charge in [0.05, 0.1) is 19.6 Å². The Hall–Kier alpha value is -2.04. The van der Waals surface area contributed by atoms with E-state index in [1.165, 1.54) is 0 Å². The fourth-order valence-corrected chi connectivity index (χ4v) is 2.94. The van der Waals surface area contributed by atoms with Crippen LogP contribution in [0.5, 0.6) is 5.75 Å². The van der Waals surface area contributed by atoms with Gasteiger partial charge in [0.15, 0.2) is 0 Å². The standard InChI is InChI=1S/C19H27NO4/c1-14(2)12-20(13-15-5-4-6-17(11-15)23-3)18(21)8-7-16-9-10-24-19(16)22/h4-6,11,14,16H,7-10,12-13H2,1-3H3/t16-/m1/s1. The number of hydrogen-bond acceptors (Lipinski definition) is 4. The minimum atomic E-state index is -0.161. The molecule has 0 radical (unpaired) electrons. The summed E-state index contributed by atoms with van der Waals surface area (Å²) in [5, 5.41) is 0. The van der Waals surface area contributed by atoms with Crippen molar-refractivity contribution in [3.05, 3.63) is 29.8 Å². The van der Waals surface area contributed by atoms with Gasteiger partial charge in [0.1, 0.15) is 5.75 Å². The highest BCUT2D eigenvalue weighted by atomic mass is 16.5. The van der Waals surface area contributed by atoms with Crippen molar-refractivity contribution in [1.29, 1.82) is 0 Å². The lowest BCUT2D eigenvalue weighted by Gasteiger charge is -2.25. The lowest BCUT2D eigenvalue weighted by atomic mass is 10.0. The molecule has 0 aliphatic carbocycles. The van der Waals surface area contributed by atoms with Crippen LogP contribution < -0.4 is 4.74 Å². The van der Waals surface area contributed by atoms with Crippen molar-refractivity contribution in [2.45, 2.75) is 39.7 Å². The molecule has 24 heavy (non-hydrogen) atoms. The van der Waals surface area contributed by atoms with Crippen LogP contribution in [0, 0.1) is 11.8 Å². The summed E-state index contributed by atoms with van der Waals surface area (Å²) in [7, 11) is 1.64. The number of amides is 1. The molecule has 1 aliphatic heterocycles. The normalized spacial score (nSPS) is 17.0. The van der Waals surface area contributed by atoms with Crippen LogP contribution in [-0.4, -0.2) is 37.0 Å². The molecule has 5 nitrogen and oxygen atoms in total. The van der Waals surface area contributed by atoms with Gasteiger partial charge in [-0.1, -0.05) is 26.0 Å². The van der Waals surface area contributed by atoms with E-state index in [9.17, 15) is 9.59 Å². The van der Waals surface area contributed by atoms with Crippen LogP contribution in [0.2, 0.25) is 0 Å². The van der Waals surface area contributed by atoms with Crippen LogP contribution in [0.4, 0.5) is 0 Å². The fourth-order valence-electron chi connectivity index (χ4n) is 2.94. The average molecular weight is 333 g/mol. The molecular weight excluding hydrogens is 306 g/mol. The number of benzene rings is 1. The van der Waals surface area contributed by atoms with Crippen LogP contribution in [0.1, 0.15) is 38.7 Å². The van der Waals surface area contributed by atoms with Gasteiger partial charge in [0.2, 0.25) is 5.91 Å². The second kappa shape index (κ2) is 8.71. The van der Waals surface area contributed by atoms with Crippen LogP contribution in [-0.2, 0) is 20.9 Å². The fraction of sp³-hybridized carbons (Fsp3) is 0.579. The van der Waals surface area contributed by atoms with Crippen LogP contribution in [0.15, 0.2) is 24.3 Å². The van der Waals surface area contributed by atoms with E-state index in [0.29, 0.717) is 38.5 Å². The summed E-state index contributed by atoms with van der Waals surface area (Å²) in [4.78, 5) is 26.1. The zero-order valence-electron chi connectivity index (χ0n) is 14.8. The topological polar surface area (TPSA) is 55.8 Å². The predicted octanol–water partition coefficient (Wildman–Crippen LogP) is 3.02. The average Bonchev–Trinajstić information content (AvgIpc) is 2.97. The van der Waals surface area contributed by atoms with Gasteiger partial charge < -0.3 is 14.4 Å². The molecule has 1 amide bonds.